The summed E-state index contributed by atoms with van der Waals surface area (Å²) < 4.78 is 10.7. The number of para-hydroxylation sites is 1. The van der Waals surface area contributed by atoms with Crippen LogP contribution in [0.25, 0.3) is 10.9 Å². The van der Waals surface area contributed by atoms with E-state index in [4.69, 9.17) is 9.47 Å². The lowest BCUT2D eigenvalue weighted by atomic mass is 10.2. The van der Waals surface area contributed by atoms with Gasteiger partial charge in [0, 0.05) is 17.5 Å². The maximum Gasteiger partial charge on any atom is 0.229 e. The van der Waals surface area contributed by atoms with Gasteiger partial charge in [-0.25, -0.2) is 4.98 Å². The third-order valence-electron chi connectivity index (χ3n) is 3.68. The first-order valence-corrected chi connectivity index (χ1v) is 8.13. The fourth-order valence-electron chi connectivity index (χ4n) is 2.54. The van der Waals surface area contributed by atoms with Crippen molar-refractivity contribution in [3.8, 4) is 11.5 Å². The summed E-state index contributed by atoms with van der Waals surface area (Å²) in [5.74, 6) is 2.69. The molecule has 0 radical (unpaired) electrons. The number of hydrogen-bond acceptors (Lipinski definition) is 6. The monoisotopic (exact) mass is 338 g/mol. The highest BCUT2D eigenvalue weighted by Gasteiger charge is 2.11. The molecule has 6 nitrogen and oxygen atoms in total. The number of nitrogens with one attached hydrogen (secondary N) is 2. The Bertz CT molecular complexity index is 880. The zero-order chi connectivity index (χ0) is 17.8. The van der Waals surface area contributed by atoms with Gasteiger partial charge in [-0.1, -0.05) is 12.1 Å². The van der Waals surface area contributed by atoms with Crippen LogP contribution < -0.4 is 20.1 Å². The average molecular weight is 338 g/mol. The molecule has 0 fully saturated rings. The van der Waals surface area contributed by atoms with Gasteiger partial charge in [0.25, 0.3) is 0 Å². The Hall–Kier alpha value is -3.02. The maximum absolute atomic E-state index is 5.43. The van der Waals surface area contributed by atoms with Crippen molar-refractivity contribution in [3.63, 3.8) is 0 Å². The molecule has 1 aromatic heterocycles. The van der Waals surface area contributed by atoms with E-state index in [0.717, 1.165) is 28.2 Å². The number of hydrogen-bond donors (Lipinski definition) is 2. The molecule has 0 aliphatic rings. The molecule has 0 atom stereocenters. The molecular formula is C19H22N4O2. The van der Waals surface area contributed by atoms with E-state index in [9.17, 15) is 0 Å². The van der Waals surface area contributed by atoms with Gasteiger partial charge < -0.3 is 20.1 Å². The summed E-state index contributed by atoms with van der Waals surface area (Å²) in [6.45, 7) is 4.16. The van der Waals surface area contributed by atoms with Crippen LogP contribution in [0.4, 0.5) is 17.5 Å². The number of anilines is 3. The van der Waals surface area contributed by atoms with Gasteiger partial charge in [0.1, 0.15) is 17.3 Å². The van der Waals surface area contributed by atoms with Crippen LogP contribution in [-0.2, 0) is 0 Å². The summed E-state index contributed by atoms with van der Waals surface area (Å²) in [7, 11) is 3.24. The van der Waals surface area contributed by atoms with Gasteiger partial charge in [-0.05, 0) is 38.1 Å². The molecule has 0 spiro atoms. The summed E-state index contributed by atoms with van der Waals surface area (Å²) in [4.78, 5) is 9.24. The number of benzene rings is 2. The molecule has 0 saturated heterocycles. The molecule has 130 valence electrons. The molecule has 1 heterocycles. The fraction of sp³-hybridized carbons (Fsp3) is 0.263. The normalized spacial score (nSPS) is 10.8. The molecule has 0 amide bonds. The van der Waals surface area contributed by atoms with Crippen LogP contribution in [0.15, 0.2) is 42.5 Å². The predicted molar refractivity (Wildman–Crippen MR) is 101 cm³/mol. The van der Waals surface area contributed by atoms with Gasteiger partial charge in [-0.3, -0.25) is 0 Å². The summed E-state index contributed by atoms with van der Waals surface area (Å²) in [6, 6.07) is 13.8. The molecule has 0 aliphatic carbocycles. The first-order chi connectivity index (χ1) is 12.1. The quantitative estimate of drug-likeness (QED) is 0.702. The van der Waals surface area contributed by atoms with Crippen LogP contribution in [-0.4, -0.2) is 30.2 Å². The number of fused-ring (bicyclic) bond motifs is 1. The van der Waals surface area contributed by atoms with Crippen molar-refractivity contribution in [3.05, 3.63) is 42.5 Å². The second-order valence-corrected chi connectivity index (χ2v) is 5.90. The summed E-state index contributed by atoms with van der Waals surface area (Å²) >= 11 is 0. The molecule has 2 aromatic carbocycles. The summed E-state index contributed by atoms with van der Waals surface area (Å²) in [5, 5.41) is 7.61. The minimum absolute atomic E-state index is 0.265. The van der Waals surface area contributed by atoms with Crippen molar-refractivity contribution in [1.29, 1.82) is 0 Å². The van der Waals surface area contributed by atoms with E-state index >= 15 is 0 Å². The van der Waals surface area contributed by atoms with E-state index in [0.29, 0.717) is 11.7 Å². The zero-order valence-electron chi connectivity index (χ0n) is 14.8. The molecular weight excluding hydrogens is 316 g/mol. The number of rotatable bonds is 6. The summed E-state index contributed by atoms with van der Waals surface area (Å²) in [5.41, 5.74) is 1.64. The lowest BCUT2D eigenvalue weighted by Gasteiger charge is -2.15. The Morgan fingerprint density at radius 2 is 1.76 bits per heavy atom. The predicted octanol–water partition coefficient (Wildman–Crippen LogP) is 4.21. The van der Waals surface area contributed by atoms with E-state index in [1.165, 1.54) is 0 Å². The van der Waals surface area contributed by atoms with Crippen molar-refractivity contribution in [2.45, 2.75) is 19.9 Å². The Kier molecular flexibility index (Phi) is 4.88. The molecule has 0 unspecified atom stereocenters. The molecule has 25 heavy (non-hydrogen) atoms. The Labute approximate surface area is 147 Å². The Morgan fingerprint density at radius 3 is 2.48 bits per heavy atom. The second kappa shape index (κ2) is 7.25. The van der Waals surface area contributed by atoms with Crippen molar-refractivity contribution in [2.24, 2.45) is 0 Å². The fourth-order valence-corrected chi connectivity index (χ4v) is 2.54. The molecule has 0 aliphatic heterocycles. The number of nitrogens with zero attached hydrogens (tertiary/aromatic N) is 2. The van der Waals surface area contributed by atoms with Crippen molar-refractivity contribution in [1.82, 2.24) is 9.97 Å². The van der Waals surface area contributed by atoms with Gasteiger partial charge >= 0.3 is 0 Å². The Balaban J connectivity index is 2.01. The highest BCUT2D eigenvalue weighted by atomic mass is 16.5. The molecule has 0 bridgehead atoms. The van der Waals surface area contributed by atoms with Crippen molar-refractivity contribution in [2.75, 3.05) is 24.9 Å². The van der Waals surface area contributed by atoms with Crippen LogP contribution in [0.1, 0.15) is 13.8 Å². The maximum atomic E-state index is 5.43. The smallest absolute Gasteiger partial charge is 0.229 e. The van der Waals surface area contributed by atoms with Crippen LogP contribution in [0.5, 0.6) is 11.5 Å². The molecule has 0 saturated carbocycles. The van der Waals surface area contributed by atoms with Gasteiger partial charge in [0.05, 0.1) is 25.4 Å². The number of methoxy groups -OCH3 is 2. The number of ether oxygens (including phenoxy) is 2. The first kappa shape index (κ1) is 16.8. The lowest BCUT2D eigenvalue weighted by Crippen LogP contribution is -2.12. The van der Waals surface area contributed by atoms with Crippen molar-refractivity contribution >= 4 is 28.4 Å². The molecule has 6 heteroatoms. The third kappa shape index (κ3) is 3.74. The SMILES string of the molecule is COc1ccc(Nc2nc(NC(C)C)c3ccccc3n2)c(OC)c1. The average Bonchev–Trinajstić information content (AvgIpc) is 2.61. The van der Waals surface area contributed by atoms with E-state index in [1.54, 1.807) is 14.2 Å². The van der Waals surface area contributed by atoms with Crippen LogP contribution in [0.3, 0.4) is 0 Å². The lowest BCUT2D eigenvalue weighted by molar-refractivity contribution is 0.395. The topological polar surface area (TPSA) is 68.3 Å². The van der Waals surface area contributed by atoms with Gasteiger partial charge in [-0.2, -0.15) is 4.98 Å². The van der Waals surface area contributed by atoms with Crippen molar-refractivity contribution < 1.29 is 9.47 Å². The molecule has 3 aromatic rings. The standard InChI is InChI=1S/C19H22N4O2/c1-12(2)20-18-14-7-5-6-8-15(14)21-19(23-18)22-16-10-9-13(24-3)11-17(16)25-4/h5-12H,1-4H3,(H2,20,21,22,23). The minimum atomic E-state index is 0.265. The van der Waals surface area contributed by atoms with Crippen LogP contribution in [0, 0.1) is 0 Å². The van der Waals surface area contributed by atoms with Crippen LogP contribution in [0.2, 0.25) is 0 Å². The zero-order valence-corrected chi connectivity index (χ0v) is 14.8. The highest BCUT2D eigenvalue weighted by Crippen LogP contribution is 2.31. The minimum Gasteiger partial charge on any atom is -0.497 e. The van der Waals surface area contributed by atoms with Gasteiger partial charge in [-0.15, -0.1) is 0 Å². The van der Waals surface area contributed by atoms with Gasteiger partial charge in [0.2, 0.25) is 5.95 Å². The third-order valence-corrected chi connectivity index (χ3v) is 3.68. The molecule has 3 rings (SSSR count). The van der Waals surface area contributed by atoms with Crippen LogP contribution >= 0.6 is 0 Å². The van der Waals surface area contributed by atoms with E-state index in [1.807, 2.05) is 42.5 Å². The number of aromatic nitrogens is 2. The largest absolute Gasteiger partial charge is 0.497 e. The first-order valence-electron chi connectivity index (χ1n) is 8.13. The molecule has 2 N–H and O–H groups in total. The second-order valence-electron chi connectivity index (χ2n) is 5.90. The van der Waals surface area contributed by atoms with E-state index in [2.05, 4.69) is 34.4 Å². The van der Waals surface area contributed by atoms with E-state index in [-0.39, 0.29) is 6.04 Å². The van der Waals surface area contributed by atoms with E-state index < -0.39 is 0 Å². The Morgan fingerprint density at radius 1 is 0.960 bits per heavy atom. The highest BCUT2D eigenvalue weighted by molar-refractivity contribution is 5.90. The summed E-state index contributed by atoms with van der Waals surface area (Å²) in [6.07, 6.45) is 0. The van der Waals surface area contributed by atoms with Gasteiger partial charge in [0.15, 0.2) is 0 Å².